The predicted molar refractivity (Wildman–Crippen MR) is 148 cm³/mol. The number of anilines is 1. The zero-order chi connectivity index (χ0) is 24.2. The van der Waals surface area contributed by atoms with Crippen LogP contribution in [0.15, 0.2) is 65.6 Å². The van der Waals surface area contributed by atoms with Gasteiger partial charge in [-0.2, -0.15) is 0 Å². The van der Waals surface area contributed by atoms with E-state index >= 15 is 0 Å². The molecule has 0 aliphatic carbocycles. The first kappa shape index (κ1) is 25.0. The van der Waals surface area contributed by atoms with Crippen molar-refractivity contribution in [3.8, 4) is 11.5 Å². The molecule has 1 saturated heterocycles. The highest BCUT2D eigenvalue weighted by Gasteiger charge is 2.33. The van der Waals surface area contributed by atoms with Crippen molar-refractivity contribution < 1.29 is 18.7 Å². The van der Waals surface area contributed by atoms with Gasteiger partial charge >= 0.3 is 0 Å². The Kier molecular flexibility index (Phi) is 8.13. The van der Waals surface area contributed by atoms with Gasteiger partial charge in [-0.05, 0) is 89.2 Å². The van der Waals surface area contributed by atoms with E-state index < -0.39 is 5.82 Å². The van der Waals surface area contributed by atoms with E-state index in [-0.39, 0.29) is 5.91 Å². The van der Waals surface area contributed by atoms with Crippen molar-refractivity contribution in [2.75, 3.05) is 11.5 Å². The number of thioether (sulfide) groups is 1. The first-order valence-corrected chi connectivity index (χ1v) is 12.9. The standard InChI is InChI=1S/C25H18ClFINO3S2/c1-2-31-21-11-16(10-20(28)23(21)32-14-15-6-8-17(26)9-7-15)12-22-24(30)29(25(33)34-22)19-5-3-4-18(27)13-19/h3-13H,2,14H2,1H3/b22-12-. The van der Waals surface area contributed by atoms with E-state index in [0.717, 1.165) is 14.7 Å². The van der Waals surface area contributed by atoms with Crippen LogP contribution in [0, 0.1) is 9.39 Å². The van der Waals surface area contributed by atoms with Crippen LogP contribution in [0.2, 0.25) is 5.02 Å². The topological polar surface area (TPSA) is 38.8 Å². The zero-order valence-corrected chi connectivity index (χ0v) is 22.4. The number of benzene rings is 3. The van der Waals surface area contributed by atoms with Crippen LogP contribution in [-0.2, 0) is 11.4 Å². The molecule has 0 aromatic heterocycles. The fourth-order valence-electron chi connectivity index (χ4n) is 3.27. The van der Waals surface area contributed by atoms with Crippen molar-refractivity contribution in [1.29, 1.82) is 0 Å². The Bertz CT molecular complexity index is 1280. The van der Waals surface area contributed by atoms with Gasteiger partial charge in [-0.1, -0.05) is 53.8 Å². The summed E-state index contributed by atoms with van der Waals surface area (Å²) in [7, 11) is 0. The highest BCUT2D eigenvalue weighted by Crippen LogP contribution is 2.39. The Morgan fingerprint density at radius 1 is 1.15 bits per heavy atom. The number of carbonyl (C=O) groups excluding carboxylic acids is 1. The van der Waals surface area contributed by atoms with Crippen molar-refractivity contribution in [2.24, 2.45) is 0 Å². The van der Waals surface area contributed by atoms with Crippen molar-refractivity contribution in [1.82, 2.24) is 0 Å². The summed E-state index contributed by atoms with van der Waals surface area (Å²) in [6, 6.07) is 17.0. The molecule has 1 aliphatic rings. The lowest BCUT2D eigenvalue weighted by molar-refractivity contribution is -0.113. The largest absolute Gasteiger partial charge is 0.490 e. The minimum absolute atomic E-state index is 0.295. The summed E-state index contributed by atoms with van der Waals surface area (Å²) >= 11 is 14.7. The molecule has 0 spiro atoms. The molecule has 34 heavy (non-hydrogen) atoms. The Balaban J connectivity index is 1.60. The van der Waals surface area contributed by atoms with Gasteiger partial charge in [0.15, 0.2) is 15.8 Å². The quantitative estimate of drug-likeness (QED) is 0.155. The molecule has 0 atom stereocenters. The summed E-state index contributed by atoms with van der Waals surface area (Å²) in [5.41, 5.74) is 2.15. The van der Waals surface area contributed by atoms with Crippen LogP contribution < -0.4 is 14.4 Å². The molecule has 0 N–H and O–H groups in total. The summed E-state index contributed by atoms with van der Waals surface area (Å²) in [5, 5.41) is 0.667. The molecule has 174 valence electrons. The molecule has 0 radical (unpaired) electrons. The van der Waals surface area contributed by atoms with Crippen LogP contribution in [0.25, 0.3) is 6.08 Å². The first-order chi connectivity index (χ1) is 16.4. The van der Waals surface area contributed by atoms with Gasteiger partial charge in [0.05, 0.1) is 20.8 Å². The van der Waals surface area contributed by atoms with Crippen LogP contribution >= 0.6 is 58.2 Å². The molecule has 1 heterocycles. The fraction of sp³-hybridized carbons (Fsp3) is 0.120. The third-order valence-corrected chi connectivity index (χ3v) is 7.14. The van der Waals surface area contributed by atoms with Crippen LogP contribution in [0.3, 0.4) is 0 Å². The number of amides is 1. The summed E-state index contributed by atoms with van der Waals surface area (Å²) in [5.74, 6) is 0.481. The number of nitrogens with zero attached hydrogens (tertiary/aromatic N) is 1. The minimum atomic E-state index is -0.430. The van der Waals surface area contributed by atoms with Crippen LogP contribution in [0.4, 0.5) is 10.1 Å². The molecule has 3 aromatic rings. The van der Waals surface area contributed by atoms with Crippen LogP contribution in [0.1, 0.15) is 18.1 Å². The van der Waals surface area contributed by atoms with Crippen LogP contribution in [0.5, 0.6) is 11.5 Å². The van der Waals surface area contributed by atoms with E-state index in [0.29, 0.717) is 44.6 Å². The summed E-state index contributed by atoms with van der Waals surface area (Å²) in [6.07, 6.45) is 1.76. The van der Waals surface area contributed by atoms with E-state index in [2.05, 4.69) is 22.6 Å². The lowest BCUT2D eigenvalue weighted by Gasteiger charge is -2.15. The number of ether oxygens (including phenoxy) is 2. The van der Waals surface area contributed by atoms with E-state index in [1.165, 1.54) is 28.8 Å². The van der Waals surface area contributed by atoms with Gasteiger partial charge in [0.1, 0.15) is 12.4 Å². The maximum absolute atomic E-state index is 13.7. The Morgan fingerprint density at radius 3 is 2.62 bits per heavy atom. The summed E-state index contributed by atoms with van der Waals surface area (Å²) in [6.45, 7) is 2.71. The van der Waals surface area contributed by atoms with Crippen LogP contribution in [-0.4, -0.2) is 16.8 Å². The second-order valence-electron chi connectivity index (χ2n) is 7.18. The Hall–Kier alpha value is -2.14. The molecular formula is C25H18ClFINO3S2. The number of carbonyl (C=O) groups is 1. The van der Waals surface area contributed by atoms with Crippen molar-refractivity contribution in [3.05, 3.63) is 91.1 Å². The fourth-order valence-corrected chi connectivity index (χ4v) is 5.47. The molecule has 1 aliphatic heterocycles. The molecule has 1 amide bonds. The molecule has 0 unspecified atom stereocenters. The minimum Gasteiger partial charge on any atom is -0.490 e. The van der Waals surface area contributed by atoms with Gasteiger partial charge in [-0.25, -0.2) is 4.39 Å². The van der Waals surface area contributed by atoms with Gasteiger partial charge in [0, 0.05) is 5.02 Å². The molecule has 9 heteroatoms. The van der Waals surface area contributed by atoms with Gasteiger partial charge < -0.3 is 9.47 Å². The maximum atomic E-state index is 13.7. The molecule has 0 saturated carbocycles. The molecular weight excluding hydrogens is 608 g/mol. The highest BCUT2D eigenvalue weighted by atomic mass is 127. The van der Waals surface area contributed by atoms with E-state index in [1.54, 1.807) is 18.2 Å². The summed E-state index contributed by atoms with van der Waals surface area (Å²) in [4.78, 5) is 14.8. The lowest BCUT2D eigenvalue weighted by atomic mass is 10.1. The van der Waals surface area contributed by atoms with Crippen molar-refractivity contribution in [3.63, 3.8) is 0 Å². The van der Waals surface area contributed by atoms with E-state index in [9.17, 15) is 9.18 Å². The smallest absolute Gasteiger partial charge is 0.270 e. The summed E-state index contributed by atoms with van der Waals surface area (Å²) < 4.78 is 26.8. The SMILES string of the molecule is CCOc1cc(/C=C2\SC(=S)N(c3cccc(F)c3)C2=O)cc(I)c1OCc1ccc(Cl)cc1. The van der Waals surface area contributed by atoms with Crippen molar-refractivity contribution in [2.45, 2.75) is 13.5 Å². The highest BCUT2D eigenvalue weighted by molar-refractivity contribution is 14.1. The third-order valence-electron chi connectivity index (χ3n) is 4.79. The molecule has 1 fully saturated rings. The van der Waals surface area contributed by atoms with E-state index in [1.807, 2.05) is 43.3 Å². The number of thiocarbonyl (C=S) groups is 1. The van der Waals surface area contributed by atoms with Gasteiger partial charge in [-0.15, -0.1) is 0 Å². The van der Waals surface area contributed by atoms with Gasteiger partial charge in [0.2, 0.25) is 0 Å². The maximum Gasteiger partial charge on any atom is 0.270 e. The monoisotopic (exact) mass is 625 g/mol. The number of hydrogen-bond acceptors (Lipinski definition) is 5. The molecule has 3 aromatic carbocycles. The Morgan fingerprint density at radius 2 is 1.91 bits per heavy atom. The first-order valence-electron chi connectivity index (χ1n) is 10.2. The van der Waals surface area contributed by atoms with Crippen molar-refractivity contribution >= 4 is 80.2 Å². The second kappa shape index (κ2) is 11.1. The average molecular weight is 626 g/mol. The van der Waals surface area contributed by atoms with Gasteiger partial charge in [-0.3, -0.25) is 9.69 Å². The molecule has 4 nitrogen and oxygen atoms in total. The molecule has 4 rings (SSSR count). The number of rotatable bonds is 7. The molecule has 0 bridgehead atoms. The third kappa shape index (κ3) is 5.73. The van der Waals surface area contributed by atoms with E-state index in [4.69, 9.17) is 33.3 Å². The lowest BCUT2D eigenvalue weighted by Crippen LogP contribution is -2.27. The predicted octanol–water partition coefficient (Wildman–Crippen LogP) is 7.47. The average Bonchev–Trinajstić information content (AvgIpc) is 3.07. The normalized spacial score (nSPS) is 14.7. The zero-order valence-electron chi connectivity index (χ0n) is 17.9. The second-order valence-corrected chi connectivity index (χ2v) is 10.4. The Labute approximate surface area is 225 Å². The number of hydrogen-bond donors (Lipinski definition) is 0. The number of halogens is 3. The van der Waals surface area contributed by atoms with Gasteiger partial charge in [0.25, 0.3) is 5.91 Å².